The Morgan fingerprint density at radius 3 is 2.80 bits per heavy atom. The summed E-state index contributed by atoms with van der Waals surface area (Å²) in [4.78, 5) is 25.5. The molecule has 0 aliphatic carbocycles. The number of pyridine rings is 1. The molecule has 5 nitrogen and oxygen atoms in total. The Kier molecular flexibility index (Phi) is 4.23. The Morgan fingerprint density at radius 1 is 1.53 bits per heavy atom. The standard InChI is InChI=1S/C9H9BrN2O3/c1-6(13)15-5-9(14)12-8-3-2-7(10)4-11-8/h2-4H,5H2,1H3,(H,11,12,14). The molecule has 6 heteroatoms. The third-order valence-electron chi connectivity index (χ3n) is 1.40. The minimum absolute atomic E-state index is 0.299. The number of hydrogen-bond acceptors (Lipinski definition) is 4. The molecule has 1 rings (SSSR count). The first kappa shape index (κ1) is 11.6. The van der Waals surface area contributed by atoms with Crippen molar-refractivity contribution < 1.29 is 14.3 Å². The maximum absolute atomic E-state index is 11.2. The molecule has 0 aliphatic rings. The van der Waals surface area contributed by atoms with Crippen LogP contribution in [0.3, 0.4) is 0 Å². The molecule has 0 aromatic carbocycles. The molecular weight excluding hydrogens is 264 g/mol. The smallest absolute Gasteiger partial charge is 0.303 e. The van der Waals surface area contributed by atoms with E-state index in [1.807, 2.05) is 0 Å². The van der Waals surface area contributed by atoms with Crippen LogP contribution in [0.1, 0.15) is 6.92 Å². The number of esters is 1. The topological polar surface area (TPSA) is 68.3 Å². The van der Waals surface area contributed by atoms with E-state index in [2.05, 4.69) is 31.0 Å². The number of hydrogen-bond donors (Lipinski definition) is 1. The van der Waals surface area contributed by atoms with E-state index in [9.17, 15) is 9.59 Å². The summed E-state index contributed by atoms with van der Waals surface area (Å²) in [5.41, 5.74) is 0. The molecule has 0 fully saturated rings. The molecule has 0 saturated heterocycles. The number of carbonyl (C=O) groups excluding carboxylic acids is 2. The van der Waals surface area contributed by atoms with E-state index >= 15 is 0 Å². The molecule has 0 bridgehead atoms. The Morgan fingerprint density at radius 2 is 2.27 bits per heavy atom. The van der Waals surface area contributed by atoms with Crippen molar-refractivity contribution in [3.63, 3.8) is 0 Å². The molecule has 0 saturated carbocycles. The van der Waals surface area contributed by atoms with Gasteiger partial charge in [0.1, 0.15) is 5.82 Å². The number of amides is 1. The molecule has 80 valence electrons. The van der Waals surface area contributed by atoms with E-state index in [1.54, 1.807) is 18.3 Å². The highest BCUT2D eigenvalue weighted by Crippen LogP contribution is 2.10. The van der Waals surface area contributed by atoms with E-state index < -0.39 is 11.9 Å². The molecule has 0 radical (unpaired) electrons. The lowest BCUT2D eigenvalue weighted by Gasteiger charge is -2.03. The summed E-state index contributed by atoms with van der Waals surface area (Å²) in [5, 5.41) is 2.48. The number of anilines is 1. The van der Waals surface area contributed by atoms with Gasteiger partial charge in [0.25, 0.3) is 5.91 Å². The van der Waals surface area contributed by atoms with Gasteiger partial charge in [0.2, 0.25) is 0 Å². The summed E-state index contributed by atoms with van der Waals surface area (Å²) in [7, 11) is 0. The van der Waals surface area contributed by atoms with Crippen LogP contribution in [0, 0.1) is 0 Å². The third-order valence-corrected chi connectivity index (χ3v) is 1.87. The predicted molar refractivity (Wildman–Crippen MR) is 57.2 cm³/mol. The number of nitrogens with zero attached hydrogens (tertiary/aromatic N) is 1. The summed E-state index contributed by atoms with van der Waals surface area (Å²) in [5.74, 6) is -0.496. The lowest BCUT2D eigenvalue weighted by Crippen LogP contribution is -2.20. The average molecular weight is 273 g/mol. The predicted octanol–water partition coefficient (Wildman–Crippen LogP) is 1.35. The summed E-state index contributed by atoms with van der Waals surface area (Å²) < 4.78 is 5.33. The van der Waals surface area contributed by atoms with Crippen molar-refractivity contribution in [3.05, 3.63) is 22.8 Å². The second-order valence-electron chi connectivity index (χ2n) is 2.69. The summed E-state index contributed by atoms with van der Waals surface area (Å²) in [6.45, 7) is 0.943. The number of nitrogens with one attached hydrogen (secondary N) is 1. The number of ether oxygens (including phenoxy) is 1. The van der Waals surface area contributed by atoms with E-state index in [0.717, 1.165) is 4.47 Å². The molecule has 0 aliphatic heterocycles. The summed E-state index contributed by atoms with van der Waals surface area (Å²) in [6, 6.07) is 3.38. The van der Waals surface area contributed by atoms with Gasteiger partial charge in [0.05, 0.1) is 0 Å². The SMILES string of the molecule is CC(=O)OCC(=O)Nc1ccc(Br)cn1. The first-order valence-electron chi connectivity index (χ1n) is 4.12. The normalized spacial score (nSPS) is 9.47. The average Bonchev–Trinajstić information content (AvgIpc) is 2.19. The van der Waals surface area contributed by atoms with E-state index in [0.29, 0.717) is 5.82 Å². The zero-order chi connectivity index (χ0) is 11.3. The molecule has 15 heavy (non-hydrogen) atoms. The van der Waals surface area contributed by atoms with Crippen LogP contribution in [-0.4, -0.2) is 23.5 Å². The van der Waals surface area contributed by atoms with Crippen LogP contribution in [-0.2, 0) is 14.3 Å². The van der Waals surface area contributed by atoms with Gasteiger partial charge in [-0.05, 0) is 28.1 Å². The van der Waals surface area contributed by atoms with Crippen LogP contribution in [0.15, 0.2) is 22.8 Å². The highest BCUT2D eigenvalue weighted by molar-refractivity contribution is 9.10. The van der Waals surface area contributed by atoms with Gasteiger partial charge < -0.3 is 10.1 Å². The van der Waals surface area contributed by atoms with E-state index in [4.69, 9.17) is 0 Å². The van der Waals surface area contributed by atoms with Gasteiger partial charge in [-0.3, -0.25) is 9.59 Å². The molecule has 0 spiro atoms. The summed E-state index contributed by atoms with van der Waals surface area (Å²) >= 11 is 3.22. The lowest BCUT2D eigenvalue weighted by atomic mass is 10.4. The number of halogens is 1. The Balaban J connectivity index is 2.44. The molecule has 1 N–H and O–H groups in total. The van der Waals surface area contributed by atoms with E-state index in [-0.39, 0.29) is 6.61 Å². The van der Waals surface area contributed by atoms with E-state index in [1.165, 1.54) is 6.92 Å². The molecule has 1 aromatic heterocycles. The number of aromatic nitrogens is 1. The largest absolute Gasteiger partial charge is 0.456 e. The maximum atomic E-state index is 11.2. The van der Waals surface area contributed by atoms with Crippen molar-refractivity contribution in [2.24, 2.45) is 0 Å². The highest BCUT2D eigenvalue weighted by atomic mass is 79.9. The van der Waals surface area contributed by atoms with Gasteiger partial charge in [-0.2, -0.15) is 0 Å². The van der Waals surface area contributed by atoms with Gasteiger partial charge in [-0.1, -0.05) is 0 Å². The van der Waals surface area contributed by atoms with Crippen molar-refractivity contribution in [2.75, 3.05) is 11.9 Å². The van der Waals surface area contributed by atoms with Crippen LogP contribution in [0.25, 0.3) is 0 Å². The van der Waals surface area contributed by atoms with Crippen LogP contribution in [0.5, 0.6) is 0 Å². The minimum atomic E-state index is -0.492. The van der Waals surface area contributed by atoms with Crippen LogP contribution >= 0.6 is 15.9 Å². The first-order chi connectivity index (χ1) is 7.08. The Labute approximate surface area is 95.0 Å². The van der Waals surface area contributed by atoms with Gasteiger partial charge in [-0.25, -0.2) is 4.98 Å². The maximum Gasteiger partial charge on any atom is 0.303 e. The quantitative estimate of drug-likeness (QED) is 0.844. The van der Waals surface area contributed by atoms with Gasteiger partial charge in [-0.15, -0.1) is 0 Å². The second kappa shape index (κ2) is 5.45. The van der Waals surface area contributed by atoms with Crippen molar-refractivity contribution in [1.82, 2.24) is 4.98 Å². The fraction of sp³-hybridized carbons (Fsp3) is 0.222. The van der Waals surface area contributed by atoms with Gasteiger partial charge >= 0.3 is 5.97 Å². The third kappa shape index (κ3) is 4.55. The molecule has 1 aromatic rings. The van der Waals surface area contributed by atoms with Crippen molar-refractivity contribution >= 4 is 33.6 Å². The molecule has 1 heterocycles. The molecule has 0 unspecified atom stereocenters. The Hall–Kier alpha value is -1.43. The minimum Gasteiger partial charge on any atom is -0.456 e. The van der Waals surface area contributed by atoms with Crippen molar-refractivity contribution in [1.29, 1.82) is 0 Å². The monoisotopic (exact) mass is 272 g/mol. The molecule has 1 amide bonds. The van der Waals surface area contributed by atoms with Crippen molar-refractivity contribution in [3.8, 4) is 0 Å². The molecular formula is C9H9BrN2O3. The Bertz CT molecular complexity index is 364. The molecule has 0 atom stereocenters. The zero-order valence-corrected chi connectivity index (χ0v) is 9.58. The van der Waals surface area contributed by atoms with Crippen LogP contribution in [0.2, 0.25) is 0 Å². The van der Waals surface area contributed by atoms with Crippen LogP contribution in [0.4, 0.5) is 5.82 Å². The number of carbonyl (C=O) groups is 2. The fourth-order valence-corrected chi connectivity index (χ4v) is 1.03. The fourth-order valence-electron chi connectivity index (χ4n) is 0.796. The van der Waals surface area contributed by atoms with Crippen LogP contribution < -0.4 is 5.32 Å². The summed E-state index contributed by atoms with van der Waals surface area (Å²) in [6.07, 6.45) is 1.56. The highest BCUT2D eigenvalue weighted by Gasteiger charge is 2.04. The first-order valence-corrected chi connectivity index (χ1v) is 4.92. The zero-order valence-electron chi connectivity index (χ0n) is 7.99. The van der Waals surface area contributed by atoms with Gasteiger partial charge in [0.15, 0.2) is 6.61 Å². The second-order valence-corrected chi connectivity index (χ2v) is 3.61. The van der Waals surface area contributed by atoms with Gasteiger partial charge in [0, 0.05) is 17.6 Å². The van der Waals surface area contributed by atoms with Crippen molar-refractivity contribution in [2.45, 2.75) is 6.92 Å². The lowest BCUT2D eigenvalue weighted by molar-refractivity contribution is -0.144. The number of rotatable bonds is 3.